The van der Waals surface area contributed by atoms with E-state index in [9.17, 15) is 14.0 Å². The number of tetrazole rings is 1. The molecule has 1 N–H and O–H groups in total. The van der Waals surface area contributed by atoms with Gasteiger partial charge in [-0.15, -0.1) is 10.2 Å². The highest BCUT2D eigenvalue weighted by molar-refractivity contribution is 6.00. The highest BCUT2D eigenvalue weighted by Gasteiger charge is 2.29. The molecule has 0 saturated heterocycles. The Kier molecular flexibility index (Phi) is 7.77. The monoisotopic (exact) mass is 496 g/mol. The minimum Gasteiger partial charge on any atom is -0.486 e. The van der Waals surface area contributed by atoms with Gasteiger partial charge in [-0.3, -0.25) is 14.5 Å². The quantitative estimate of drug-likeness (QED) is 0.485. The lowest BCUT2D eigenvalue weighted by molar-refractivity contribution is -0.126. The number of hydrogen-bond donors (Lipinski definition) is 1. The predicted octanol–water partition coefficient (Wildman–Crippen LogP) is 2.83. The first-order chi connectivity index (χ1) is 17.3. The minimum atomic E-state index is -0.813. The maximum Gasteiger partial charge on any atom is 0.251 e. The van der Waals surface area contributed by atoms with Crippen molar-refractivity contribution in [3.63, 3.8) is 0 Å². The number of carbonyl (C=O) groups is 2. The fourth-order valence-electron chi connectivity index (χ4n) is 3.74. The Balaban J connectivity index is 1.56. The molecule has 190 valence electrons. The normalized spacial score (nSPS) is 13.4. The van der Waals surface area contributed by atoms with Crippen LogP contribution in [-0.4, -0.2) is 57.8 Å². The standard InChI is InChI=1S/C25H29FN6O4/c1-16(2)10-11-27-25(34)17(3)32(20-8-9-21-22(14-20)36-13-12-35-21)23(33)15-31-29-24(28-30-31)18-4-6-19(26)7-5-18/h4-9,14,16-17H,10-13,15H2,1-3H3,(H,27,34)/t17-/m0/s1. The molecule has 0 saturated carbocycles. The first-order valence-electron chi connectivity index (χ1n) is 11.8. The van der Waals surface area contributed by atoms with Gasteiger partial charge in [0.1, 0.15) is 31.6 Å². The Bertz CT molecular complexity index is 1210. The van der Waals surface area contributed by atoms with Gasteiger partial charge < -0.3 is 14.8 Å². The molecule has 0 spiro atoms. The van der Waals surface area contributed by atoms with Gasteiger partial charge in [-0.1, -0.05) is 13.8 Å². The van der Waals surface area contributed by atoms with Crippen LogP contribution in [-0.2, 0) is 16.1 Å². The molecule has 36 heavy (non-hydrogen) atoms. The molecule has 0 aliphatic carbocycles. The molecule has 0 fully saturated rings. The molecular formula is C25H29FN6O4. The van der Waals surface area contributed by atoms with E-state index in [1.165, 1.54) is 29.2 Å². The topological polar surface area (TPSA) is 111 Å². The van der Waals surface area contributed by atoms with Crippen molar-refractivity contribution in [2.45, 2.75) is 39.8 Å². The average molecular weight is 497 g/mol. The zero-order valence-corrected chi connectivity index (χ0v) is 20.5. The van der Waals surface area contributed by atoms with E-state index in [1.54, 1.807) is 25.1 Å². The van der Waals surface area contributed by atoms with Crippen LogP contribution in [0.15, 0.2) is 42.5 Å². The zero-order valence-electron chi connectivity index (χ0n) is 20.5. The summed E-state index contributed by atoms with van der Waals surface area (Å²) in [4.78, 5) is 29.0. The van der Waals surface area contributed by atoms with Gasteiger partial charge in [-0.05, 0) is 60.9 Å². The number of halogens is 1. The molecule has 11 heteroatoms. The van der Waals surface area contributed by atoms with E-state index in [0.717, 1.165) is 11.2 Å². The van der Waals surface area contributed by atoms with Gasteiger partial charge in [0, 0.05) is 23.9 Å². The molecule has 2 aromatic carbocycles. The highest BCUT2D eigenvalue weighted by atomic mass is 19.1. The van der Waals surface area contributed by atoms with Crippen molar-refractivity contribution in [1.29, 1.82) is 0 Å². The molecular weight excluding hydrogens is 467 g/mol. The molecule has 3 aromatic rings. The van der Waals surface area contributed by atoms with Gasteiger partial charge in [-0.25, -0.2) is 4.39 Å². The second-order valence-electron chi connectivity index (χ2n) is 8.89. The van der Waals surface area contributed by atoms with Crippen LogP contribution >= 0.6 is 0 Å². The van der Waals surface area contributed by atoms with E-state index in [0.29, 0.717) is 48.4 Å². The summed E-state index contributed by atoms with van der Waals surface area (Å²) in [5.74, 6) is 0.698. The van der Waals surface area contributed by atoms with Crippen LogP contribution in [0.2, 0.25) is 0 Å². The Morgan fingerprint density at radius 2 is 1.81 bits per heavy atom. The smallest absolute Gasteiger partial charge is 0.251 e. The number of aromatic nitrogens is 4. The molecule has 1 aliphatic rings. The first kappa shape index (κ1) is 25.1. The van der Waals surface area contributed by atoms with Crippen LogP contribution in [0.5, 0.6) is 11.5 Å². The van der Waals surface area contributed by atoms with Gasteiger partial charge in [0.05, 0.1) is 0 Å². The van der Waals surface area contributed by atoms with Gasteiger partial charge in [-0.2, -0.15) is 4.80 Å². The molecule has 0 unspecified atom stereocenters. The Morgan fingerprint density at radius 3 is 2.53 bits per heavy atom. The van der Waals surface area contributed by atoms with Crippen LogP contribution < -0.4 is 19.7 Å². The number of fused-ring (bicyclic) bond motifs is 1. The minimum absolute atomic E-state index is 0.258. The van der Waals surface area contributed by atoms with Gasteiger partial charge in [0.25, 0.3) is 5.91 Å². The number of amides is 2. The van der Waals surface area contributed by atoms with Crippen molar-refractivity contribution in [3.05, 3.63) is 48.3 Å². The van der Waals surface area contributed by atoms with E-state index < -0.39 is 11.9 Å². The van der Waals surface area contributed by atoms with Crippen molar-refractivity contribution in [2.24, 2.45) is 5.92 Å². The zero-order chi connectivity index (χ0) is 25.7. The fourth-order valence-corrected chi connectivity index (χ4v) is 3.74. The van der Waals surface area contributed by atoms with Crippen LogP contribution in [0, 0.1) is 11.7 Å². The summed E-state index contributed by atoms with van der Waals surface area (Å²) < 4.78 is 24.5. The molecule has 4 rings (SSSR count). The molecule has 0 bridgehead atoms. The summed E-state index contributed by atoms with van der Waals surface area (Å²) in [6.07, 6.45) is 0.825. The van der Waals surface area contributed by atoms with Crippen LogP contribution in [0.4, 0.5) is 10.1 Å². The van der Waals surface area contributed by atoms with E-state index in [2.05, 4.69) is 34.6 Å². The lowest BCUT2D eigenvalue weighted by Crippen LogP contribution is -2.49. The van der Waals surface area contributed by atoms with E-state index in [-0.39, 0.29) is 24.1 Å². The third-order valence-electron chi connectivity index (χ3n) is 5.69. The third kappa shape index (κ3) is 5.96. The number of ether oxygens (including phenoxy) is 2. The van der Waals surface area contributed by atoms with Crippen LogP contribution in [0.3, 0.4) is 0 Å². The number of nitrogens with zero attached hydrogens (tertiary/aromatic N) is 5. The first-order valence-corrected chi connectivity index (χ1v) is 11.8. The Labute approximate surface area is 208 Å². The number of carbonyl (C=O) groups excluding carboxylic acids is 2. The molecule has 0 radical (unpaired) electrons. The van der Waals surface area contributed by atoms with Crippen molar-refractivity contribution >= 4 is 17.5 Å². The van der Waals surface area contributed by atoms with Crippen molar-refractivity contribution < 1.29 is 23.5 Å². The van der Waals surface area contributed by atoms with Crippen molar-refractivity contribution in [1.82, 2.24) is 25.5 Å². The van der Waals surface area contributed by atoms with E-state index in [1.807, 2.05) is 0 Å². The molecule has 10 nitrogen and oxygen atoms in total. The van der Waals surface area contributed by atoms with Gasteiger partial charge in [0.15, 0.2) is 11.5 Å². The maximum atomic E-state index is 13.5. The second kappa shape index (κ2) is 11.1. The van der Waals surface area contributed by atoms with Crippen LogP contribution in [0.25, 0.3) is 11.4 Å². The number of rotatable bonds is 9. The highest BCUT2D eigenvalue weighted by Crippen LogP contribution is 2.34. The Morgan fingerprint density at radius 1 is 1.08 bits per heavy atom. The van der Waals surface area contributed by atoms with Crippen molar-refractivity contribution in [2.75, 3.05) is 24.7 Å². The largest absolute Gasteiger partial charge is 0.486 e. The van der Waals surface area contributed by atoms with E-state index >= 15 is 0 Å². The van der Waals surface area contributed by atoms with Gasteiger partial charge in [0.2, 0.25) is 11.7 Å². The summed E-state index contributed by atoms with van der Waals surface area (Å²) in [5, 5.41) is 15.1. The molecule has 2 amide bonds. The summed E-state index contributed by atoms with van der Waals surface area (Å²) in [6.45, 7) is 6.90. The SMILES string of the molecule is CC(C)CCNC(=O)[C@H](C)N(C(=O)Cn1nnc(-c2ccc(F)cc2)n1)c1ccc2c(c1)OCCO2. The molecule has 1 aromatic heterocycles. The number of nitrogens with one attached hydrogen (secondary N) is 1. The lowest BCUT2D eigenvalue weighted by atomic mass is 10.1. The second-order valence-corrected chi connectivity index (χ2v) is 8.89. The summed E-state index contributed by atoms with van der Waals surface area (Å²) in [7, 11) is 0. The lowest BCUT2D eigenvalue weighted by Gasteiger charge is -2.29. The number of benzene rings is 2. The summed E-state index contributed by atoms with van der Waals surface area (Å²) in [6, 6.07) is 9.95. The van der Waals surface area contributed by atoms with Crippen molar-refractivity contribution in [3.8, 4) is 22.9 Å². The fraction of sp³-hybridized carbons (Fsp3) is 0.400. The summed E-state index contributed by atoms with van der Waals surface area (Å²) in [5.41, 5.74) is 1.05. The maximum absolute atomic E-state index is 13.5. The predicted molar refractivity (Wildman–Crippen MR) is 130 cm³/mol. The molecule has 2 heterocycles. The summed E-state index contributed by atoms with van der Waals surface area (Å²) >= 11 is 0. The average Bonchev–Trinajstić information content (AvgIpc) is 3.32. The molecule has 1 aliphatic heterocycles. The number of anilines is 1. The third-order valence-corrected chi connectivity index (χ3v) is 5.69. The number of hydrogen-bond acceptors (Lipinski definition) is 7. The van der Waals surface area contributed by atoms with Gasteiger partial charge >= 0.3 is 0 Å². The van der Waals surface area contributed by atoms with E-state index in [4.69, 9.17) is 9.47 Å². The van der Waals surface area contributed by atoms with Crippen LogP contribution in [0.1, 0.15) is 27.2 Å². The Hall–Kier alpha value is -4.02. The molecule has 1 atom stereocenters.